The topological polar surface area (TPSA) is 63.2 Å². The Bertz CT molecular complexity index is 808. The molecule has 0 saturated heterocycles. The van der Waals surface area contributed by atoms with Crippen LogP contribution in [0.3, 0.4) is 0 Å². The Labute approximate surface area is 161 Å². The van der Waals surface area contributed by atoms with Gasteiger partial charge in [-0.05, 0) is 36.8 Å². The van der Waals surface area contributed by atoms with Crippen molar-refractivity contribution in [2.45, 2.75) is 32.4 Å². The first-order valence-electron chi connectivity index (χ1n) is 8.82. The molecule has 0 bridgehead atoms. The van der Waals surface area contributed by atoms with Gasteiger partial charge in [-0.3, -0.25) is 9.78 Å². The molecule has 0 fully saturated rings. The van der Waals surface area contributed by atoms with Gasteiger partial charge in [-0.2, -0.15) is 13.2 Å². The van der Waals surface area contributed by atoms with Crippen LogP contribution in [-0.2, 0) is 6.18 Å². The number of benzene rings is 1. The zero-order valence-corrected chi connectivity index (χ0v) is 15.5. The van der Waals surface area contributed by atoms with Gasteiger partial charge in [-0.1, -0.05) is 26.3 Å². The van der Waals surface area contributed by atoms with Crippen LogP contribution in [0.15, 0.2) is 55.1 Å². The summed E-state index contributed by atoms with van der Waals surface area (Å²) in [6, 6.07) is 6.78. The van der Waals surface area contributed by atoms with Crippen LogP contribution in [0.2, 0.25) is 0 Å². The minimum absolute atomic E-state index is 0.0404. The summed E-state index contributed by atoms with van der Waals surface area (Å²) >= 11 is 0. The van der Waals surface area contributed by atoms with Crippen LogP contribution in [0.5, 0.6) is 5.75 Å². The number of anilines is 1. The molecule has 2 aromatic rings. The van der Waals surface area contributed by atoms with Crippen molar-refractivity contribution in [1.82, 2.24) is 10.3 Å². The van der Waals surface area contributed by atoms with Crippen molar-refractivity contribution in [3.8, 4) is 5.75 Å². The first kappa shape index (κ1) is 21.3. The third-order valence-corrected chi connectivity index (χ3v) is 3.77. The number of aromatic nitrogens is 1. The zero-order chi connectivity index (χ0) is 20.6. The molecule has 150 valence electrons. The number of alkyl halides is 3. The standard InChI is InChI=1S/C20H22F3N3O2/c1-3-4-5-11-28-18-9-8-16(12-17(18)20(21,22)23)25-14(2)26-19(27)15-7-6-10-24-13-15/h6-10,12-13,25H,2-5,11H2,1H3,(H,26,27). The molecule has 28 heavy (non-hydrogen) atoms. The highest BCUT2D eigenvalue weighted by Gasteiger charge is 2.34. The van der Waals surface area contributed by atoms with E-state index in [1.807, 2.05) is 6.92 Å². The van der Waals surface area contributed by atoms with Crippen LogP contribution >= 0.6 is 0 Å². The first-order chi connectivity index (χ1) is 13.3. The predicted octanol–water partition coefficient (Wildman–Crippen LogP) is 4.98. The van der Waals surface area contributed by atoms with Gasteiger partial charge in [0.05, 0.1) is 17.7 Å². The summed E-state index contributed by atoms with van der Waals surface area (Å²) in [5.41, 5.74) is -0.456. The van der Waals surface area contributed by atoms with Crippen LogP contribution in [0.25, 0.3) is 0 Å². The predicted molar refractivity (Wildman–Crippen MR) is 101 cm³/mol. The van der Waals surface area contributed by atoms with Gasteiger partial charge in [0.15, 0.2) is 0 Å². The van der Waals surface area contributed by atoms with Crippen molar-refractivity contribution in [3.05, 3.63) is 66.3 Å². The first-order valence-corrected chi connectivity index (χ1v) is 8.82. The van der Waals surface area contributed by atoms with E-state index in [0.29, 0.717) is 12.0 Å². The fourth-order valence-electron chi connectivity index (χ4n) is 2.40. The van der Waals surface area contributed by atoms with E-state index in [2.05, 4.69) is 22.2 Å². The molecule has 0 atom stereocenters. The van der Waals surface area contributed by atoms with E-state index in [1.54, 1.807) is 12.1 Å². The number of hydrogen-bond acceptors (Lipinski definition) is 4. The maximum Gasteiger partial charge on any atom is 0.420 e. The van der Waals surface area contributed by atoms with E-state index in [1.165, 1.54) is 24.5 Å². The number of hydrogen-bond donors (Lipinski definition) is 2. The van der Waals surface area contributed by atoms with Crippen LogP contribution in [-0.4, -0.2) is 17.5 Å². The Morgan fingerprint density at radius 3 is 2.68 bits per heavy atom. The van der Waals surface area contributed by atoms with Crippen molar-refractivity contribution < 1.29 is 22.7 Å². The molecule has 0 unspecified atom stereocenters. The summed E-state index contributed by atoms with van der Waals surface area (Å²) in [6.45, 7) is 5.85. The second kappa shape index (κ2) is 9.77. The zero-order valence-electron chi connectivity index (χ0n) is 15.5. The molecule has 0 aliphatic rings. The molecular weight excluding hydrogens is 371 g/mol. The Hall–Kier alpha value is -3.03. The third-order valence-electron chi connectivity index (χ3n) is 3.77. The molecule has 0 radical (unpaired) electrons. The second-order valence-corrected chi connectivity index (χ2v) is 6.06. The second-order valence-electron chi connectivity index (χ2n) is 6.06. The number of halogens is 3. The normalized spacial score (nSPS) is 11.0. The van der Waals surface area contributed by atoms with E-state index >= 15 is 0 Å². The molecule has 5 nitrogen and oxygen atoms in total. The Kier molecular flexibility index (Phi) is 7.43. The largest absolute Gasteiger partial charge is 0.493 e. The van der Waals surface area contributed by atoms with E-state index in [9.17, 15) is 18.0 Å². The number of nitrogens with zero attached hydrogens (tertiary/aromatic N) is 1. The summed E-state index contributed by atoms with van der Waals surface area (Å²) in [5.74, 6) is -0.657. The minimum Gasteiger partial charge on any atom is -0.493 e. The molecule has 0 aliphatic heterocycles. The number of pyridine rings is 1. The van der Waals surface area contributed by atoms with Gasteiger partial charge in [-0.15, -0.1) is 0 Å². The molecule has 1 heterocycles. The highest BCUT2D eigenvalue weighted by Crippen LogP contribution is 2.38. The van der Waals surface area contributed by atoms with Gasteiger partial charge in [-0.25, -0.2) is 0 Å². The molecule has 1 amide bonds. The number of carbonyl (C=O) groups is 1. The van der Waals surface area contributed by atoms with E-state index in [0.717, 1.165) is 18.9 Å². The molecule has 0 aliphatic carbocycles. The van der Waals surface area contributed by atoms with Gasteiger partial charge >= 0.3 is 6.18 Å². The average molecular weight is 393 g/mol. The van der Waals surface area contributed by atoms with Gasteiger partial charge in [0.25, 0.3) is 5.91 Å². The van der Waals surface area contributed by atoms with Crippen LogP contribution in [0.4, 0.5) is 18.9 Å². The molecule has 2 rings (SSSR count). The lowest BCUT2D eigenvalue weighted by atomic mass is 10.1. The fraction of sp³-hybridized carbons (Fsp3) is 0.300. The van der Waals surface area contributed by atoms with Crippen molar-refractivity contribution in [2.75, 3.05) is 11.9 Å². The van der Waals surface area contributed by atoms with Crippen molar-refractivity contribution in [3.63, 3.8) is 0 Å². The van der Waals surface area contributed by atoms with Crippen molar-refractivity contribution in [2.24, 2.45) is 0 Å². The van der Waals surface area contributed by atoms with Gasteiger partial charge in [0, 0.05) is 18.1 Å². The molecule has 0 spiro atoms. The maximum absolute atomic E-state index is 13.4. The fourth-order valence-corrected chi connectivity index (χ4v) is 2.40. The van der Waals surface area contributed by atoms with E-state index in [-0.39, 0.29) is 23.9 Å². The number of carbonyl (C=O) groups excluding carboxylic acids is 1. The Morgan fingerprint density at radius 1 is 1.25 bits per heavy atom. The Morgan fingerprint density at radius 2 is 2.04 bits per heavy atom. The number of unbranched alkanes of at least 4 members (excludes halogenated alkanes) is 2. The van der Waals surface area contributed by atoms with Crippen molar-refractivity contribution in [1.29, 1.82) is 0 Å². The summed E-state index contributed by atoms with van der Waals surface area (Å²) in [5, 5.41) is 5.13. The SMILES string of the molecule is C=C(NC(=O)c1cccnc1)Nc1ccc(OCCCCC)c(C(F)(F)F)c1. The lowest BCUT2D eigenvalue weighted by Crippen LogP contribution is -2.26. The molecule has 1 aromatic carbocycles. The van der Waals surface area contributed by atoms with Gasteiger partial charge in [0.1, 0.15) is 11.6 Å². The van der Waals surface area contributed by atoms with Gasteiger partial charge < -0.3 is 15.4 Å². The highest BCUT2D eigenvalue weighted by molar-refractivity contribution is 5.95. The average Bonchev–Trinajstić information content (AvgIpc) is 2.66. The molecule has 8 heteroatoms. The van der Waals surface area contributed by atoms with E-state index in [4.69, 9.17) is 4.74 Å². The van der Waals surface area contributed by atoms with E-state index < -0.39 is 17.6 Å². The monoisotopic (exact) mass is 393 g/mol. The third kappa shape index (κ3) is 6.29. The summed E-state index contributed by atoms with van der Waals surface area (Å²) in [4.78, 5) is 15.9. The summed E-state index contributed by atoms with van der Waals surface area (Å²) in [6.07, 6.45) is 0.842. The maximum atomic E-state index is 13.4. The highest BCUT2D eigenvalue weighted by atomic mass is 19.4. The minimum atomic E-state index is -4.57. The molecular formula is C20H22F3N3O2. The number of amides is 1. The molecule has 0 saturated carbocycles. The number of ether oxygens (including phenoxy) is 1. The summed E-state index contributed by atoms with van der Waals surface area (Å²) < 4.78 is 45.4. The van der Waals surface area contributed by atoms with Gasteiger partial charge in [0.2, 0.25) is 0 Å². The van der Waals surface area contributed by atoms with Crippen LogP contribution in [0, 0.1) is 0 Å². The lowest BCUT2D eigenvalue weighted by Gasteiger charge is -2.17. The van der Waals surface area contributed by atoms with Crippen molar-refractivity contribution >= 4 is 11.6 Å². The van der Waals surface area contributed by atoms with Crippen LogP contribution in [0.1, 0.15) is 42.1 Å². The number of nitrogens with one attached hydrogen (secondary N) is 2. The summed E-state index contributed by atoms with van der Waals surface area (Å²) in [7, 11) is 0. The Balaban J connectivity index is 2.06. The lowest BCUT2D eigenvalue weighted by molar-refractivity contribution is -0.138. The quantitative estimate of drug-likeness (QED) is 0.590. The smallest absolute Gasteiger partial charge is 0.420 e. The van der Waals surface area contributed by atoms with Crippen LogP contribution < -0.4 is 15.4 Å². The molecule has 1 aromatic heterocycles. The molecule has 2 N–H and O–H groups in total. The number of rotatable bonds is 9.